The van der Waals surface area contributed by atoms with Gasteiger partial charge in [-0.2, -0.15) is 0 Å². The van der Waals surface area contributed by atoms with Gasteiger partial charge in [0.25, 0.3) is 0 Å². The zero-order chi connectivity index (χ0) is 8.15. The van der Waals surface area contributed by atoms with E-state index in [4.69, 9.17) is 5.73 Å². The number of rotatable bonds is 2. The van der Waals surface area contributed by atoms with Crippen LogP contribution < -0.4 is 5.73 Å². The molecule has 56 valence electrons. The molecule has 0 radical (unpaired) electrons. The Morgan fingerprint density at radius 3 is 2.00 bits per heavy atom. The van der Waals surface area contributed by atoms with Crippen LogP contribution in [-0.2, 0) is 4.79 Å². The monoisotopic (exact) mass is 139 g/mol. The minimum atomic E-state index is -0.363. The SMILES string of the molecule is CC=CC(C(N)=O)=C(C)C. The Bertz CT molecular complexity index is 185. The third kappa shape index (κ3) is 2.49. The second kappa shape index (κ2) is 3.88. The van der Waals surface area contributed by atoms with E-state index < -0.39 is 0 Å². The van der Waals surface area contributed by atoms with Crippen molar-refractivity contribution < 1.29 is 4.79 Å². The summed E-state index contributed by atoms with van der Waals surface area (Å²) >= 11 is 0. The van der Waals surface area contributed by atoms with Crippen molar-refractivity contribution in [2.75, 3.05) is 0 Å². The lowest BCUT2D eigenvalue weighted by molar-refractivity contribution is -0.114. The predicted octanol–water partition coefficient (Wildman–Crippen LogP) is 1.38. The fraction of sp³-hybridized carbons (Fsp3) is 0.375. The lowest BCUT2D eigenvalue weighted by atomic mass is 10.1. The molecule has 2 nitrogen and oxygen atoms in total. The Morgan fingerprint density at radius 2 is 1.90 bits per heavy atom. The Balaban J connectivity index is 4.61. The van der Waals surface area contributed by atoms with Gasteiger partial charge in [-0.15, -0.1) is 0 Å². The minimum Gasteiger partial charge on any atom is -0.366 e. The van der Waals surface area contributed by atoms with Crippen molar-refractivity contribution in [3.63, 3.8) is 0 Å². The number of nitrogens with two attached hydrogens (primary N) is 1. The van der Waals surface area contributed by atoms with Crippen molar-refractivity contribution in [3.05, 3.63) is 23.3 Å². The van der Waals surface area contributed by atoms with E-state index in [-0.39, 0.29) is 5.91 Å². The highest BCUT2D eigenvalue weighted by Crippen LogP contribution is 2.03. The third-order valence-corrected chi connectivity index (χ3v) is 1.14. The molecule has 0 spiro atoms. The van der Waals surface area contributed by atoms with Crippen molar-refractivity contribution >= 4 is 5.91 Å². The van der Waals surface area contributed by atoms with Crippen LogP contribution in [-0.4, -0.2) is 5.91 Å². The summed E-state index contributed by atoms with van der Waals surface area (Å²) in [6, 6.07) is 0. The molecular formula is C8H13NO. The van der Waals surface area contributed by atoms with Gasteiger partial charge in [0.05, 0.1) is 0 Å². The van der Waals surface area contributed by atoms with Crippen molar-refractivity contribution in [2.45, 2.75) is 20.8 Å². The highest BCUT2D eigenvalue weighted by molar-refractivity contribution is 5.95. The molecule has 2 heteroatoms. The smallest absolute Gasteiger partial charge is 0.248 e. The normalized spacial score (nSPS) is 9.90. The minimum absolute atomic E-state index is 0.363. The van der Waals surface area contributed by atoms with E-state index in [0.29, 0.717) is 5.57 Å². The molecule has 0 aromatic heterocycles. The van der Waals surface area contributed by atoms with E-state index in [1.54, 1.807) is 12.2 Å². The zero-order valence-corrected chi connectivity index (χ0v) is 6.64. The van der Waals surface area contributed by atoms with Crippen LogP contribution in [0.15, 0.2) is 23.3 Å². The summed E-state index contributed by atoms with van der Waals surface area (Å²) in [7, 11) is 0. The fourth-order valence-corrected chi connectivity index (χ4v) is 0.662. The van der Waals surface area contributed by atoms with Crippen LogP contribution >= 0.6 is 0 Å². The summed E-state index contributed by atoms with van der Waals surface area (Å²) in [5.41, 5.74) is 6.62. The zero-order valence-electron chi connectivity index (χ0n) is 6.64. The van der Waals surface area contributed by atoms with Gasteiger partial charge >= 0.3 is 0 Å². The van der Waals surface area contributed by atoms with Gasteiger partial charge in [0.15, 0.2) is 0 Å². The van der Waals surface area contributed by atoms with Crippen molar-refractivity contribution in [1.29, 1.82) is 0 Å². The van der Waals surface area contributed by atoms with E-state index in [2.05, 4.69) is 0 Å². The maximum absolute atomic E-state index is 10.6. The topological polar surface area (TPSA) is 43.1 Å². The molecule has 0 saturated heterocycles. The van der Waals surface area contributed by atoms with Gasteiger partial charge in [-0.3, -0.25) is 4.79 Å². The maximum Gasteiger partial charge on any atom is 0.248 e. The van der Waals surface area contributed by atoms with Crippen LogP contribution in [0.25, 0.3) is 0 Å². The summed E-state index contributed by atoms with van der Waals surface area (Å²) in [5, 5.41) is 0. The van der Waals surface area contributed by atoms with Gasteiger partial charge < -0.3 is 5.73 Å². The first kappa shape index (κ1) is 8.95. The van der Waals surface area contributed by atoms with E-state index >= 15 is 0 Å². The predicted molar refractivity (Wildman–Crippen MR) is 42.4 cm³/mol. The van der Waals surface area contributed by atoms with E-state index in [1.165, 1.54) is 0 Å². The fourth-order valence-electron chi connectivity index (χ4n) is 0.662. The summed E-state index contributed by atoms with van der Waals surface area (Å²) in [4.78, 5) is 10.6. The largest absolute Gasteiger partial charge is 0.366 e. The summed E-state index contributed by atoms with van der Waals surface area (Å²) in [5.74, 6) is -0.363. The Labute approximate surface area is 61.4 Å². The molecule has 0 bridgehead atoms. The van der Waals surface area contributed by atoms with Gasteiger partial charge in [-0.25, -0.2) is 0 Å². The first-order chi connectivity index (χ1) is 4.59. The molecule has 2 N–H and O–H groups in total. The van der Waals surface area contributed by atoms with Crippen molar-refractivity contribution in [1.82, 2.24) is 0 Å². The highest BCUT2D eigenvalue weighted by atomic mass is 16.1. The van der Waals surface area contributed by atoms with Crippen LogP contribution in [0.3, 0.4) is 0 Å². The molecular weight excluding hydrogens is 126 g/mol. The summed E-state index contributed by atoms with van der Waals surface area (Å²) < 4.78 is 0. The average molecular weight is 139 g/mol. The van der Waals surface area contributed by atoms with Gasteiger partial charge in [-0.05, 0) is 20.8 Å². The summed E-state index contributed by atoms with van der Waals surface area (Å²) in [6.07, 6.45) is 3.52. The van der Waals surface area contributed by atoms with Crippen LogP contribution in [0.4, 0.5) is 0 Å². The van der Waals surface area contributed by atoms with E-state index in [1.807, 2.05) is 20.8 Å². The van der Waals surface area contributed by atoms with Crippen LogP contribution in [0.2, 0.25) is 0 Å². The Kier molecular flexibility index (Phi) is 3.47. The van der Waals surface area contributed by atoms with Crippen molar-refractivity contribution in [2.24, 2.45) is 5.73 Å². The van der Waals surface area contributed by atoms with E-state index in [9.17, 15) is 4.79 Å². The number of amides is 1. The summed E-state index contributed by atoms with van der Waals surface area (Å²) in [6.45, 7) is 5.58. The molecule has 0 aromatic carbocycles. The second-order valence-corrected chi connectivity index (χ2v) is 2.28. The molecule has 0 aromatic rings. The molecule has 1 amide bonds. The molecule has 0 unspecified atom stereocenters. The quantitative estimate of drug-likeness (QED) is 0.456. The second-order valence-electron chi connectivity index (χ2n) is 2.28. The lowest BCUT2D eigenvalue weighted by Crippen LogP contribution is -2.13. The number of allylic oxidation sites excluding steroid dienone is 2. The first-order valence-electron chi connectivity index (χ1n) is 3.19. The van der Waals surface area contributed by atoms with Crippen LogP contribution in [0.5, 0.6) is 0 Å². The first-order valence-corrected chi connectivity index (χ1v) is 3.19. The number of hydrogen-bond donors (Lipinski definition) is 1. The molecule has 0 aliphatic rings. The highest BCUT2D eigenvalue weighted by Gasteiger charge is 2.00. The van der Waals surface area contributed by atoms with Crippen molar-refractivity contribution in [3.8, 4) is 0 Å². The number of hydrogen-bond acceptors (Lipinski definition) is 1. The Morgan fingerprint density at radius 1 is 1.40 bits per heavy atom. The lowest BCUT2D eigenvalue weighted by Gasteiger charge is -1.96. The number of carbonyl (C=O) groups is 1. The third-order valence-electron chi connectivity index (χ3n) is 1.14. The standard InChI is InChI=1S/C8H13NO/c1-4-5-7(6(2)3)8(9)10/h4-5H,1-3H3,(H2,9,10). The van der Waals surface area contributed by atoms with Crippen LogP contribution in [0.1, 0.15) is 20.8 Å². The maximum atomic E-state index is 10.6. The Hall–Kier alpha value is -1.05. The molecule has 0 rings (SSSR count). The molecule has 0 aliphatic heterocycles. The van der Waals surface area contributed by atoms with Gasteiger partial charge in [0.1, 0.15) is 0 Å². The number of carbonyl (C=O) groups excluding carboxylic acids is 1. The molecule has 10 heavy (non-hydrogen) atoms. The van der Waals surface area contributed by atoms with Crippen LogP contribution in [0, 0.1) is 0 Å². The van der Waals surface area contributed by atoms with Gasteiger partial charge in [0.2, 0.25) is 5.91 Å². The number of primary amides is 1. The molecule has 0 aliphatic carbocycles. The van der Waals surface area contributed by atoms with Gasteiger partial charge in [0, 0.05) is 5.57 Å². The molecule has 0 fully saturated rings. The van der Waals surface area contributed by atoms with Gasteiger partial charge in [-0.1, -0.05) is 17.7 Å². The average Bonchev–Trinajstić information content (AvgIpc) is 1.81. The van der Waals surface area contributed by atoms with E-state index in [0.717, 1.165) is 5.57 Å². The molecule has 0 heterocycles. The molecule has 0 atom stereocenters. The molecule has 0 saturated carbocycles.